The number of ether oxygens (including phenoxy) is 1. The Morgan fingerprint density at radius 2 is 2.00 bits per heavy atom. The quantitative estimate of drug-likeness (QED) is 0.872. The first-order valence-corrected chi connectivity index (χ1v) is 6.79. The number of methoxy groups -OCH3 is 1. The van der Waals surface area contributed by atoms with Crippen LogP contribution in [0.3, 0.4) is 0 Å². The van der Waals surface area contributed by atoms with Gasteiger partial charge in [-0.25, -0.2) is 0 Å². The third kappa shape index (κ3) is 3.78. The normalized spacial score (nSPS) is 19.2. The number of hydrogen-bond acceptors (Lipinski definition) is 3. The van der Waals surface area contributed by atoms with Crippen LogP contribution in [0.2, 0.25) is 0 Å². The molecule has 0 aliphatic carbocycles. The average molecular weight is 262 g/mol. The molecule has 1 aliphatic rings. The molecule has 1 amide bonds. The molecule has 0 saturated carbocycles. The fourth-order valence-electron chi connectivity index (χ4n) is 2.80. The molecule has 4 nitrogen and oxygen atoms in total. The Morgan fingerprint density at radius 1 is 1.37 bits per heavy atom. The predicted molar refractivity (Wildman–Crippen MR) is 74.4 cm³/mol. The highest BCUT2D eigenvalue weighted by Gasteiger charge is 2.29. The smallest absolute Gasteiger partial charge is 0.246 e. The van der Waals surface area contributed by atoms with Gasteiger partial charge in [-0.15, -0.1) is 0 Å². The molecule has 0 spiro atoms. The van der Waals surface area contributed by atoms with Crippen LogP contribution in [0.5, 0.6) is 0 Å². The molecule has 1 saturated heterocycles. The lowest BCUT2D eigenvalue weighted by atomic mass is 9.90. The van der Waals surface area contributed by atoms with E-state index < -0.39 is 6.10 Å². The van der Waals surface area contributed by atoms with Gasteiger partial charge in [0.15, 0.2) is 0 Å². The van der Waals surface area contributed by atoms with Crippen molar-refractivity contribution in [3.63, 3.8) is 0 Å². The number of primary amides is 1. The lowest BCUT2D eigenvalue weighted by molar-refractivity contribution is -0.132. The molecule has 1 aliphatic heterocycles. The van der Waals surface area contributed by atoms with E-state index >= 15 is 0 Å². The molecule has 4 heteroatoms. The number of nitrogens with zero attached hydrogens (tertiary/aromatic N) is 1. The van der Waals surface area contributed by atoms with Crippen LogP contribution in [0.15, 0.2) is 30.3 Å². The lowest BCUT2D eigenvalue weighted by Crippen LogP contribution is -2.43. The standard InChI is InChI=1S/C15H22N2O2/c1-19-14(15(16)18)13-7-9-17(10-8-13)11-12-5-3-2-4-6-12/h2-6,13-14H,7-11H2,1H3,(H2,16,18). The van der Waals surface area contributed by atoms with Crippen LogP contribution < -0.4 is 5.73 Å². The molecule has 2 N–H and O–H groups in total. The van der Waals surface area contributed by atoms with Crippen molar-refractivity contribution < 1.29 is 9.53 Å². The van der Waals surface area contributed by atoms with Crippen molar-refractivity contribution >= 4 is 5.91 Å². The second-order valence-electron chi connectivity index (χ2n) is 5.16. The molecule has 1 aromatic rings. The molecule has 1 fully saturated rings. The molecule has 0 radical (unpaired) electrons. The molecular weight excluding hydrogens is 240 g/mol. The Labute approximate surface area is 114 Å². The van der Waals surface area contributed by atoms with Gasteiger partial charge in [-0.2, -0.15) is 0 Å². The van der Waals surface area contributed by atoms with E-state index in [0.29, 0.717) is 0 Å². The van der Waals surface area contributed by atoms with Crippen LogP contribution in [-0.4, -0.2) is 37.1 Å². The second-order valence-corrected chi connectivity index (χ2v) is 5.16. The van der Waals surface area contributed by atoms with Crippen molar-refractivity contribution in [2.45, 2.75) is 25.5 Å². The highest BCUT2D eigenvalue weighted by Crippen LogP contribution is 2.23. The van der Waals surface area contributed by atoms with Crippen molar-refractivity contribution in [1.29, 1.82) is 0 Å². The first-order valence-electron chi connectivity index (χ1n) is 6.79. The maximum absolute atomic E-state index is 11.3. The van der Waals surface area contributed by atoms with Gasteiger partial charge < -0.3 is 10.5 Å². The Hall–Kier alpha value is -1.39. The van der Waals surface area contributed by atoms with Gasteiger partial charge in [0.05, 0.1) is 0 Å². The summed E-state index contributed by atoms with van der Waals surface area (Å²) in [5.74, 6) is -0.0847. The van der Waals surface area contributed by atoms with E-state index in [9.17, 15) is 4.79 Å². The Balaban J connectivity index is 1.84. The minimum Gasteiger partial charge on any atom is -0.371 e. The van der Waals surface area contributed by atoms with Crippen LogP contribution in [0.1, 0.15) is 18.4 Å². The minimum absolute atomic E-state index is 0.259. The van der Waals surface area contributed by atoms with Crippen LogP contribution >= 0.6 is 0 Å². The Bertz CT molecular complexity index is 400. The third-order valence-corrected chi connectivity index (χ3v) is 3.84. The first kappa shape index (κ1) is 14.0. The zero-order chi connectivity index (χ0) is 13.7. The zero-order valence-electron chi connectivity index (χ0n) is 11.4. The molecule has 0 aromatic heterocycles. The van der Waals surface area contributed by atoms with Crippen molar-refractivity contribution in [3.8, 4) is 0 Å². The molecule has 1 heterocycles. The number of likely N-dealkylation sites (tertiary alicyclic amines) is 1. The molecule has 1 atom stereocenters. The average Bonchev–Trinajstić information content (AvgIpc) is 2.42. The monoisotopic (exact) mass is 262 g/mol. The van der Waals surface area contributed by atoms with Gasteiger partial charge in [0, 0.05) is 13.7 Å². The molecule has 104 valence electrons. The fraction of sp³-hybridized carbons (Fsp3) is 0.533. The van der Waals surface area contributed by atoms with E-state index in [1.807, 2.05) is 6.07 Å². The van der Waals surface area contributed by atoms with Crippen LogP contribution in [0.4, 0.5) is 0 Å². The number of benzene rings is 1. The van der Waals surface area contributed by atoms with Gasteiger partial charge in [0.25, 0.3) is 0 Å². The number of hydrogen-bond donors (Lipinski definition) is 1. The second kappa shape index (κ2) is 6.68. The number of piperidine rings is 1. The SMILES string of the molecule is COC(C(N)=O)C1CCN(Cc2ccccc2)CC1. The maximum atomic E-state index is 11.3. The zero-order valence-corrected chi connectivity index (χ0v) is 11.4. The summed E-state index contributed by atoms with van der Waals surface area (Å²) in [7, 11) is 1.56. The van der Waals surface area contributed by atoms with E-state index in [-0.39, 0.29) is 11.8 Å². The summed E-state index contributed by atoms with van der Waals surface area (Å²) >= 11 is 0. The summed E-state index contributed by atoms with van der Waals surface area (Å²) in [4.78, 5) is 13.7. The summed E-state index contributed by atoms with van der Waals surface area (Å²) in [6.07, 6.45) is 1.50. The number of amides is 1. The van der Waals surface area contributed by atoms with Crippen molar-refractivity contribution in [2.24, 2.45) is 11.7 Å². The fourth-order valence-corrected chi connectivity index (χ4v) is 2.80. The van der Waals surface area contributed by atoms with Gasteiger partial charge in [-0.1, -0.05) is 30.3 Å². The number of carbonyl (C=O) groups excluding carboxylic acids is 1. The third-order valence-electron chi connectivity index (χ3n) is 3.84. The first-order chi connectivity index (χ1) is 9.20. The van der Waals surface area contributed by atoms with E-state index in [1.165, 1.54) is 5.56 Å². The minimum atomic E-state index is -0.432. The molecule has 19 heavy (non-hydrogen) atoms. The number of nitrogens with two attached hydrogens (primary N) is 1. The molecular formula is C15H22N2O2. The summed E-state index contributed by atoms with van der Waals surface area (Å²) in [6.45, 7) is 2.96. The highest BCUT2D eigenvalue weighted by atomic mass is 16.5. The Morgan fingerprint density at radius 3 is 2.53 bits per heavy atom. The van der Waals surface area contributed by atoms with Gasteiger partial charge in [-0.05, 0) is 37.4 Å². The van der Waals surface area contributed by atoms with E-state index in [2.05, 4.69) is 29.2 Å². The van der Waals surface area contributed by atoms with Crippen molar-refractivity contribution in [2.75, 3.05) is 20.2 Å². The molecule has 1 aromatic carbocycles. The van der Waals surface area contributed by atoms with Crippen LogP contribution in [-0.2, 0) is 16.1 Å². The van der Waals surface area contributed by atoms with Crippen LogP contribution in [0.25, 0.3) is 0 Å². The van der Waals surface area contributed by atoms with Gasteiger partial charge in [0.1, 0.15) is 6.10 Å². The molecule has 1 unspecified atom stereocenters. The van der Waals surface area contributed by atoms with E-state index in [1.54, 1.807) is 7.11 Å². The molecule has 2 rings (SSSR count). The highest BCUT2D eigenvalue weighted by molar-refractivity contribution is 5.79. The largest absolute Gasteiger partial charge is 0.371 e. The predicted octanol–water partition coefficient (Wildman–Crippen LogP) is 1.40. The van der Waals surface area contributed by atoms with Gasteiger partial charge in [0.2, 0.25) is 5.91 Å². The number of carbonyl (C=O) groups is 1. The lowest BCUT2D eigenvalue weighted by Gasteiger charge is -2.34. The van der Waals surface area contributed by atoms with Gasteiger partial charge in [-0.3, -0.25) is 9.69 Å². The topological polar surface area (TPSA) is 55.6 Å². The Kier molecular flexibility index (Phi) is 4.93. The summed E-state index contributed by atoms with van der Waals surface area (Å²) in [5, 5.41) is 0. The number of rotatable bonds is 5. The summed E-state index contributed by atoms with van der Waals surface area (Å²) in [5.41, 5.74) is 6.69. The maximum Gasteiger partial charge on any atom is 0.246 e. The molecule has 0 bridgehead atoms. The van der Waals surface area contributed by atoms with Crippen LogP contribution in [0, 0.1) is 5.92 Å². The van der Waals surface area contributed by atoms with E-state index in [0.717, 1.165) is 32.5 Å². The van der Waals surface area contributed by atoms with Crippen molar-refractivity contribution in [3.05, 3.63) is 35.9 Å². The summed E-state index contributed by atoms with van der Waals surface area (Å²) in [6, 6.07) is 10.5. The summed E-state index contributed by atoms with van der Waals surface area (Å²) < 4.78 is 5.21. The van der Waals surface area contributed by atoms with Gasteiger partial charge >= 0.3 is 0 Å². The van der Waals surface area contributed by atoms with E-state index in [4.69, 9.17) is 10.5 Å². The van der Waals surface area contributed by atoms with Crippen molar-refractivity contribution in [1.82, 2.24) is 4.90 Å².